The van der Waals surface area contributed by atoms with Gasteiger partial charge in [-0.3, -0.25) is 9.69 Å². The van der Waals surface area contributed by atoms with Crippen molar-refractivity contribution in [2.45, 2.75) is 20.4 Å². The number of nitrogens with zero attached hydrogens (tertiary/aromatic N) is 3. The maximum Gasteiger partial charge on any atom is 0.219 e. The van der Waals surface area contributed by atoms with Gasteiger partial charge in [0.05, 0.1) is 13.7 Å². The summed E-state index contributed by atoms with van der Waals surface area (Å²) in [5, 5.41) is 6.66. The average molecular weight is 361 g/mol. The van der Waals surface area contributed by atoms with Gasteiger partial charge in [-0.15, -0.1) is 0 Å². The van der Waals surface area contributed by atoms with Gasteiger partial charge in [-0.1, -0.05) is 18.2 Å². The molecule has 0 radical (unpaired) electrons. The minimum Gasteiger partial charge on any atom is -0.496 e. The fraction of sp³-hybridized carbons (Fsp3) is 0.579. The Labute approximate surface area is 156 Å². The number of nitrogens with one attached hydrogen (secondary N) is 2. The summed E-state index contributed by atoms with van der Waals surface area (Å²) in [6, 6.07) is 7.93. The number of amides is 1. The van der Waals surface area contributed by atoms with Crippen LogP contribution in [0, 0.1) is 0 Å². The number of benzene rings is 1. The number of piperazine rings is 1. The zero-order valence-electron chi connectivity index (χ0n) is 16.1. The smallest absolute Gasteiger partial charge is 0.219 e. The maximum atomic E-state index is 11.4. The van der Waals surface area contributed by atoms with Crippen LogP contribution in [0.5, 0.6) is 5.75 Å². The molecule has 0 spiro atoms. The Morgan fingerprint density at radius 2 is 1.92 bits per heavy atom. The van der Waals surface area contributed by atoms with E-state index in [0.29, 0.717) is 6.54 Å². The molecule has 7 nitrogen and oxygen atoms in total. The van der Waals surface area contributed by atoms with Gasteiger partial charge in [0.2, 0.25) is 5.91 Å². The fourth-order valence-electron chi connectivity index (χ4n) is 2.96. The van der Waals surface area contributed by atoms with Crippen LogP contribution in [0.25, 0.3) is 0 Å². The lowest BCUT2D eigenvalue weighted by molar-refractivity contribution is -0.130. The standard InChI is InChI=1S/C19H31N5O2/c1-4-20-19(22-15-17-7-5-6-8-18(17)26-3)21-9-10-23-11-13-24(14-12-23)16(2)25/h5-8H,4,9-15H2,1-3H3,(H2,20,21,22). The number of carbonyl (C=O) groups is 1. The molecule has 0 unspecified atom stereocenters. The molecular weight excluding hydrogens is 330 g/mol. The van der Waals surface area contributed by atoms with Crippen LogP contribution in [0.2, 0.25) is 0 Å². The molecule has 1 aliphatic heterocycles. The van der Waals surface area contributed by atoms with Crippen molar-refractivity contribution in [3.63, 3.8) is 0 Å². The first kappa shape index (κ1) is 20.0. The Bertz CT molecular complexity index is 597. The highest BCUT2D eigenvalue weighted by molar-refractivity contribution is 5.79. The highest BCUT2D eigenvalue weighted by atomic mass is 16.5. The second-order valence-corrected chi connectivity index (χ2v) is 6.28. The molecule has 1 heterocycles. The molecule has 1 aromatic carbocycles. The van der Waals surface area contributed by atoms with Gasteiger partial charge in [-0.25, -0.2) is 4.99 Å². The highest BCUT2D eigenvalue weighted by Crippen LogP contribution is 2.17. The summed E-state index contributed by atoms with van der Waals surface area (Å²) in [7, 11) is 1.68. The fourth-order valence-corrected chi connectivity index (χ4v) is 2.96. The van der Waals surface area contributed by atoms with Gasteiger partial charge in [-0.05, 0) is 13.0 Å². The Morgan fingerprint density at radius 1 is 1.19 bits per heavy atom. The zero-order valence-corrected chi connectivity index (χ0v) is 16.1. The third-order valence-corrected chi connectivity index (χ3v) is 4.48. The first-order chi connectivity index (χ1) is 12.6. The monoisotopic (exact) mass is 361 g/mol. The van der Waals surface area contributed by atoms with E-state index >= 15 is 0 Å². The Balaban J connectivity index is 1.80. The first-order valence-corrected chi connectivity index (χ1v) is 9.26. The van der Waals surface area contributed by atoms with Crippen LogP contribution in [0.1, 0.15) is 19.4 Å². The number of para-hydroxylation sites is 1. The van der Waals surface area contributed by atoms with Crippen LogP contribution in [-0.2, 0) is 11.3 Å². The van der Waals surface area contributed by atoms with E-state index in [9.17, 15) is 4.79 Å². The maximum absolute atomic E-state index is 11.4. The summed E-state index contributed by atoms with van der Waals surface area (Å²) in [5.41, 5.74) is 1.06. The molecule has 2 N–H and O–H groups in total. The van der Waals surface area contributed by atoms with Crippen molar-refractivity contribution >= 4 is 11.9 Å². The number of carbonyl (C=O) groups excluding carboxylic acids is 1. The van der Waals surface area contributed by atoms with Crippen molar-refractivity contribution in [1.29, 1.82) is 0 Å². The molecule has 0 atom stereocenters. The molecular formula is C19H31N5O2. The van der Waals surface area contributed by atoms with Crippen LogP contribution in [0.15, 0.2) is 29.3 Å². The molecule has 1 fully saturated rings. The van der Waals surface area contributed by atoms with Gasteiger partial charge >= 0.3 is 0 Å². The van der Waals surface area contributed by atoms with E-state index in [4.69, 9.17) is 4.74 Å². The molecule has 1 aromatic rings. The highest BCUT2D eigenvalue weighted by Gasteiger charge is 2.17. The largest absolute Gasteiger partial charge is 0.496 e. The second kappa shape index (κ2) is 10.7. The SMILES string of the molecule is CCNC(=NCc1ccccc1OC)NCCN1CCN(C(C)=O)CC1. The van der Waals surface area contributed by atoms with Gasteiger partial charge in [0.1, 0.15) is 5.75 Å². The van der Waals surface area contributed by atoms with E-state index in [1.807, 2.05) is 29.2 Å². The minimum atomic E-state index is 0.167. The van der Waals surface area contributed by atoms with E-state index in [0.717, 1.165) is 63.1 Å². The number of hydrogen-bond donors (Lipinski definition) is 2. The van der Waals surface area contributed by atoms with Crippen molar-refractivity contribution in [1.82, 2.24) is 20.4 Å². The van der Waals surface area contributed by atoms with Crippen molar-refractivity contribution in [2.75, 3.05) is 52.9 Å². The van der Waals surface area contributed by atoms with E-state index in [-0.39, 0.29) is 5.91 Å². The Hall–Kier alpha value is -2.28. The van der Waals surface area contributed by atoms with E-state index in [1.165, 1.54) is 0 Å². The second-order valence-electron chi connectivity index (χ2n) is 6.28. The molecule has 0 aliphatic carbocycles. The molecule has 26 heavy (non-hydrogen) atoms. The van der Waals surface area contributed by atoms with Crippen LogP contribution >= 0.6 is 0 Å². The molecule has 1 aliphatic rings. The summed E-state index contributed by atoms with van der Waals surface area (Å²) in [4.78, 5) is 20.3. The van der Waals surface area contributed by atoms with Crippen LogP contribution in [0.3, 0.4) is 0 Å². The average Bonchev–Trinajstić information content (AvgIpc) is 2.66. The van der Waals surface area contributed by atoms with E-state index in [2.05, 4.69) is 27.4 Å². The summed E-state index contributed by atoms with van der Waals surface area (Å²) in [6.07, 6.45) is 0. The molecule has 0 saturated carbocycles. The van der Waals surface area contributed by atoms with Crippen LogP contribution in [0.4, 0.5) is 0 Å². The molecule has 144 valence electrons. The first-order valence-electron chi connectivity index (χ1n) is 9.26. The summed E-state index contributed by atoms with van der Waals surface area (Å²) >= 11 is 0. The summed E-state index contributed by atoms with van der Waals surface area (Å²) in [6.45, 7) is 10.3. The quantitative estimate of drug-likeness (QED) is 0.558. The third-order valence-electron chi connectivity index (χ3n) is 4.48. The molecule has 0 bridgehead atoms. The molecule has 0 aromatic heterocycles. The number of methoxy groups -OCH3 is 1. The number of guanidine groups is 1. The molecule has 2 rings (SSSR count). The van der Waals surface area contributed by atoms with Gasteiger partial charge in [-0.2, -0.15) is 0 Å². The number of hydrogen-bond acceptors (Lipinski definition) is 4. The number of rotatable bonds is 7. The van der Waals surface area contributed by atoms with Crippen molar-refractivity contribution in [3.8, 4) is 5.75 Å². The van der Waals surface area contributed by atoms with E-state index < -0.39 is 0 Å². The van der Waals surface area contributed by atoms with E-state index in [1.54, 1.807) is 14.0 Å². The Kier molecular flexibility index (Phi) is 8.21. The summed E-state index contributed by atoms with van der Waals surface area (Å²) < 4.78 is 5.38. The zero-order chi connectivity index (χ0) is 18.8. The van der Waals surface area contributed by atoms with Crippen molar-refractivity contribution in [3.05, 3.63) is 29.8 Å². The predicted molar refractivity (Wildman–Crippen MR) is 105 cm³/mol. The third kappa shape index (κ3) is 6.22. The lowest BCUT2D eigenvalue weighted by atomic mass is 10.2. The molecule has 1 saturated heterocycles. The Morgan fingerprint density at radius 3 is 2.58 bits per heavy atom. The molecule has 1 amide bonds. The van der Waals surface area contributed by atoms with Crippen molar-refractivity contribution < 1.29 is 9.53 Å². The van der Waals surface area contributed by atoms with Crippen LogP contribution in [-0.4, -0.2) is 74.6 Å². The lowest BCUT2D eigenvalue weighted by Crippen LogP contribution is -2.50. The number of aliphatic imine (C=N–C) groups is 1. The van der Waals surface area contributed by atoms with Crippen molar-refractivity contribution in [2.24, 2.45) is 4.99 Å². The normalized spacial score (nSPS) is 15.7. The summed E-state index contributed by atoms with van der Waals surface area (Å²) in [5.74, 6) is 1.83. The van der Waals surface area contributed by atoms with Gasteiger partial charge in [0.25, 0.3) is 0 Å². The topological polar surface area (TPSA) is 69.2 Å². The van der Waals surface area contributed by atoms with Gasteiger partial charge in [0, 0.05) is 58.3 Å². The van der Waals surface area contributed by atoms with Gasteiger partial charge in [0.15, 0.2) is 5.96 Å². The predicted octanol–water partition coefficient (Wildman–Crippen LogP) is 0.914. The van der Waals surface area contributed by atoms with Crippen LogP contribution < -0.4 is 15.4 Å². The molecule has 7 heteroatoms. The minimum absolute atomic E-state index is 0.167. The number of ether oxygens (including phenoxy) is 1. The van der Waals surface area contributed by atoms with Gasteiger partial charge < -0.3 is 20.3 Å². The lowest BCUT2D eigenvalue weighted by Gasteiger charge is -2.34.